The van der Waals surface area contributed by atoms with Crippen molar-refractivity contribution < 1.29 is 19.6 Å². The largest absolute Gasteiger partial charge is 0.490 e. The summed E-state index contributed by atoms with van der Waals surface area (Å²) in [5, 5.41) is 19.4. The zero-order chi connectivity index (χ0) is 13.7. The molecule has 0 spiro atoms. The number of aliphatic carboxylic acids is 1. The summed E-state index contributed by atoms with van der Waals surface area (Å²) >= 11 is 1.32. The first kappa shape index (κ1) is 14.3. The van der Waals surface area contributed by atoms with Gasteiger partial charge in [-0.25, -0.2) is 0 Å². The molecular formula is C11H13NO5S. The van der Waals surface area contributed by atoms with E-state index in [1.807, 2.05) is 0 Å². The smallest absolute Gasteiger partial charge is 0.310 e. The minimum atomic E-state index is -0.864. The van der Waals surface area contributed by atoms with Gasteiger partial charge in [0.15, 0.2) is 5.75 Å². The average Bonchev–Trinajstić information content (AvgIpc) is 2.34. The van der Waals surface area contributed by atoms with E-state index in [2.05, 4.69) is 0 Å². The molecule has 1 rings (SSSR count). The number of methoxy groups -OCH3 is 1. The minimum absolute atomic E-state index is 0.104. The van der Waals surface area contributed by atoms with E-state index in [4.69, 9.17) is 9.84 Å². The third kappa shape index (κ3) is 3.63. The number of nitrogens with zero attached hydrogens (tertiary/aromatic N) is 1. The van der Waals surface area contributed by atoms with Gasteiger partial charge in [0, 0.05) is 22.8 Å². The maximum absolute atomic E-state index is 10.7. The summed E-state index contributed by atoms with van der Waals surface area (Å²) in [5.41, 5.74) is -0.104. The molecule has 7 heteroatoms. The van der Waals surface area contributed by atoms with Crippen LogP contribution in [0.15, 0.2) is 23.1 Å². The van der Waals surface area contributed by atoms with E-state index in [1.54, 1.807) is 13.0 Å². The minimum Gasteiger partial charge on any atom is -0.490 e. The van der Waals surface area contributed by atoms with Crippen molar-refractivity contribution in [2.24, 2.45) is 5.92 Å². The van der Waals surface area contributed by atoms with Crippen molar-refractivity contribution >= 4 is 23.4 Å². The summed E-state index contributed by atoms with van der Waals surface area (Å²) in [7, 11) is 1.36. The van der Waals surface area contributed by atoms with Gasteiger partial charge < -0.3 is 9.84 Å². The van der Waals surface area contributed by atoms with Crippen LogP contribution < -0.4 is 4.74 Å². The number of benzene rings is 1. The van der Waals surface area contributed by atoms with Crippen LogP contribution in [0.4, 0.5) is 5.69 Å². The Morgan fingerprint density at radius 1 is 1.61 bits per heavy atom. The normalized spacial score (nSPS) is 11.9. The molecule has 1 aromatic rings. The van der Waals surface area contributed by atoms with Gasteiger partial charge in [0.2, 0.25) is 0 Å². The zero-order valence-corrected chi connectivity index (χ0v) is 10.8. The fourth-order valence-corrected chi connectivity index (χ4v) is 2.13. The molecule has 0 saturated heterocycles. The number of ether oxygens (including phenoxy) is 1. The number of carboxylic acid groups (broad SMARTS) is 1. The van der Waals surface area contributed by atoms with Gasteiger partial charge >= 0.3 is 11.7 Å². The number of carboxylic acids is 1. The molecule has 0 heterocycles. The molecule has 0 aliphatic carbocycles. The van der Waals surface area contributed by atoms with E-state index in [0.29, 0.717) is 5.75 Å². The van der Waals surface area contributed by atoms with Crippen LogP contribution in [0.2, 0.25) is 0 Å². The van der Waals surface area contributed by atoms with Crippen molar-refractivity contribution in [1.82, 2.24) is 0 Å². The van der Waals surface area contributed by atoms with Gasteiger partial charge in [0.25, 0.3) is 0 Å². The number of thioether (sulfide) groups is 1. The van der Waals surface area contributed by atoms with Gasteiger partial charge in [0.05, 0.1) is 18.0 Å². The molecular weight excluding hydrogens is 258 g/mol. The van der Waals surface area contributed by atoms with Crippen LogP contribution in [0.1, 0.15) is 6.92 Å². The first-order valence-electron chi connectivity index (χ1n) is 5.13. The zero-order valence-electron chi connectivity index (χ0n) is 9.95. The summed E-state index contributed by atoms with van der Waals surface area (Å²) in [5.74, 6) is -0.767. The number of rotatable bonds is 6. The molecule has 0 aromatic heterocycles. The Hall–Kier alpha value is -1.76. The summed E-state index contributed by atoms with van der Waals surface area (Å²) < 4.78 is 4.93. The Bertz CT molecular complexity index is 463. The number of hydrogen-bond donors (Lipinski definition) is 1. The molecule has 98 valence electrons. The molecule has 0 saturated carbocycles. The van der Waals surface area contributed by atoms with Gasteiger partial charge in [-0.05, 0) is 6.07 Å². The van der Waals surface area contributed by atoms with Crippen LogP contribution in [-0.2, 0) is 4.79 Å². The van der Waals surface area contributed by atoms with Gasteiger partial charge in [-0.3, -0.25) is 14.9 Å². The number of nitro groups is 1. The van der Waals surface area contributed by atoms with Crippen molar-refractivity contribution in [3.63, 3.8) is 0 Å². The lowest BCUT2D eigenvalue weighted by Crippen LogP contribution is -2.11. The molecule has 6 nitrogen and oxygen atoms in total. The second-order valence-electron chi connectivity index (χ2n) is 3.64. The second-order valence-corrected chi connectivity index (χ2v) is 4.73. The first-order chi connectivity index (χ1) is 8.45. The van der Waals surface area contributed by atoms with Gasteiger partial charge in [0.1, 0.15) is 0 Å². The van der Waals surface area contributed by atoms with E-state index in [9.17, 15) is 14.9 Å². The lowest BCUT2D eigenvalue weighted by molar-refractivity contribution is -0.385. The topological polar surface area (TPSA) is 89.7 Å². The molecule has 0 radical (unpaired) electrons. The number of hydrogen-bond acceptors (Lipinski definition) is 5. The van der Waals surface area contributed by atoms with Crippen molar-refractivity contribution in [3.05, 3.63) is 28.3 Å². The molecule has 0 bridgehead atoms. The summed E-state index contributed by atoms with van der Waals surface area (Å²) in [6.07, 6.45) is 0. The van der Waals surface area contributed by atoms with Crippen molar-refractivity contribution in [2.45, 2.75) is 11.8 Å². The predicted octanol–water partition coefficient (Wildman–Crippen LogP) is 2.42. The van der Waals surface area contributed by atoms with Crippen LogP contribution in [0.5, 0.6) is 5.75 Å². The molecule has 0 aliphatic heterocycles. The van der Waals surface area contributed by atoms with Gasteiger partial charge in [-0.1, -0.05) is 6.92 Å². The van der Waals surface area contributed by atoms with Crippen LogP contribution in [0.25, 0.3) is 0 Å². The van der Waals surface area contributed by atoms with Crippen LogP contribution in [-0.4, -0.2) is 28.9 Å². The highest BCUT2D eigenvalue weighted by Gasteiger charge is 2.16. The SMILES string of the molecule is COc1cc(SCC(C)C(=O)O)ccc1[N+](=O)[O-]. The first-order valence-corrected chi connectivity index (χ1v) is 6.12. The van der Waals surface area contributed by atoms with Gasteiger partial charge in [-0.15, -0.1) is 11.8 Å². The molecule has 0 aliphatic rings. The van der Waals surface area contributed by atoms with E-state index in [0.717, 1.165) is 4.90 Å². The molecule has 1 N–H and O–H groups in total. The van der Waals surface area contributed by atoms with Crippen molar-refractivity contribution in [3.8, 4) is 5.75 Å². The fourth-order valence-electron chi connectivity index (χ4n) is 1.19. The Balaban J connectivity index is 2.80. The van der Waals surface area contributed by atoms with Crippen molar-refractivity contribution in [2.75, 3.05) is 12.9 Å². The fraction of sp³-hybridized carbons (Fsp3) is 0.364. The molecule has 1 aromatic carbocycles. The van der Waals surface area contributed by atoms with E-state index < -0.39 is 16.8 Å². The summed E-state index contributed by atoms with van der Waals surface area (Å²) in [6, 6.07) is 4.48. The average molecular weight is 271 g/mol. The van der Waals surface area contributed by atoms with E-state index >= 15 is 0 Å². The van der Waals surface area contributed by atoms with Crippen molar-refractivity contribution in [1.29, 1.82) is 0 Å². The Kier molecular flexibility index (Phi) is 4.96. The molecule has 18 heavy (non-hydrogen) atoms. The highest BCUT2D eigenvalue weighted by Crippen LogP contribution is 2.32. The van der Waals surface area contributed by atoms with Crippen LogP contribution >= 0.6 is 11.8 Å². The lowest BCUT2D eigenvalue weighted by Gasteiger charge is -2.07. The third-order valence-electron chi connectivity index (χ3n) is 2.27. The summed E-state index contributed by atoms with van der Waals surface area (Å²) in [6.45, 7) is 1.61. The molecule has 1 atom stereocenters. The van der Waals surface area contributed by atoms with E-state index in [1.165, 1.54) is 31.0 Å². The Morgan fingerprint density at radius 2 is 2.28 bits per heavy atom. The predicted molar refractivity (Wildman–Crippen MR) is 67.2 cm³/mol. The quantitative estimate of drug-likeness (QED) is 0.485. The summed E-state index contributed by atoms with van der Waals surface area (Å²) in [4.78, 5) is 21.6. The highest BCUT2D eigenvalue weighted by molar-refractivity contribution is 7.99. The maximum atomic E-state index is 10.7. The highest BCUT2D eigenvalue weighted by atomic mass is 32.2. The number of nitro benzene ring substituents is 1. The Morgan fingerprint density at radius 3 is 2.78 bits per heavy atom. The number of carbonyl (C=O) groups is 1. The molecule has 0 amide bonds. The second kappa shape index (κ2) is 6.25. The monoisotopic (exact) mass is 271 g/mol. The molecule has 1 unspecified atom stereocenters. The van der Waals surface area contributed by atoms with Gasteiger partial charge in [-0.2, -0.15) is 0 Å². The third-order valence-corrected chi connectivity index (χ3v) is 3.52. The van der Waals surface area contributed by atoms with Crippen LogP contribution in [0, 0.1) is 16.0 Å². The maximum Gasteiger partial charge on any atom is 0.310 e. The van der Waals surface area contributed by atoms with E-state index in [-0.39, 0.29) is 11.4 Å². The lowest BCUT2D eigenvalue weighted by atomic mass is 10.2. The molecule has 0 fully saturated rings. The standard InChI is InChI=1S/C11H13NO5S/c1-7(11(13)14)6-18-8-3-4-9(12(15)16)10(5-8)17-2/h3-5,7H,6H2,1-2H3,(H,13,14). The van der Waals surface area contributed by atoms with Crippen LogP contribution in [0.3, 0.4) is 0 Å². The Labute approximate surface area is 108 Å².